The Morgan fingerprint density at radius 2 is 2.00 bits per heavy atom. The van der Waals surface area contributed by atoms with Crippen molar-refractivity contribution in [2.45, 2.75) is 33.3 Å². The second-order valence-electron chi connectivity index (χ2n) is 5.33. The Hall–Kier alpha value is -2.17. The predicted molar refractivity (Wildman–Crippen MR) is 71.8 cm³/mol. The van der Waals surface area contributed by atoms with Crippen LogP contribution in [0.25, 0.3) is 11.4 Å². The summed E-state index contributed by atoms with van der Waals surface area (Å²) < 4.78 is 6.54. The van der Waals surface area contributed by atoms with Crippen molar-refractivity contribution in [3.05, 3.63) is 36.2 Å². The van der Waals surface area contributed by atoms with Gasteiger partial charge >= 0.3 is 6.09 Å². The van der Waals surface area contributed by atoms with Crippen LogP contribution in [0.5, 0.6) is 0 Å². The normalized spacial score (nSPS) is 11.4. The van der Waals surface area contributed by atoms with Gasteiger partial charge < -0.3 is 4.74 Å². The van der Waals surface area contributed by atoms with E-state index in [1.54, 1.807) is 18.5 Å². The van der Waals surface area contributed by atoms with Gasteiger partial charge in [-0.15, -0.1) is 0 Å². The molecule has 0 aliphatic rings. The summed E-state index contributed by atoms with van der Waals surface area (Å²) in [4.78, 5) is 16.3. The zero-order valence-electron chi connectivity index (χ0n) is 11.5. The SMILES string of the molecule is Cc1ccnc(-c2ccnn2C(=O)OC(C)(C)C)c1. The topological polar surface area (TPSA) is 57.0 Å². The fourth-order valence-electron chi connectivity index (χ4n) is 1.62. The monoisotopic (exact) mass is 259 g/mol. The second kappa shape index (κ2) is 4.84. The molecule has 0 aliphatic carbocycles. The highest BCUT2D eigenvalue weighted by molar-refractivity contribution is 5.76. The zero-order chi connectivity index (χ0) is 14.0. The lowest BCUT2D eigenvalue weighted by Crippen LogP contribution is -2.28. The van der Waals surface area contributed by atoms with Crippen molar-refractivity contribution in [2.24, 2.45) is 0 Å². The molecule has 2 heterocycles. The molecule has 0 N–H and O–H groups in total. The fraction of sp³-hybridized carbons (Fsp3) is 0.357. The summed E-state index contributed by atoms with van der Waals surface area (Å²) in [5.74, 6) is 0. The van der Waals surface area contributed by atoms with E-state index in [-0.39, 0.29) is 0 Å². The van der Waals surface area contributed by atoms with E-state index in [0.29, 0.717) is 11.4 Å². The molecule has 0 atom stereocenters. The molecule has 2 aromatic rings. The molecule has 0 unspecified atom stereocenters. The molecule has 2 aromatic heterocycles. The van der Waals surface area contributed by atoms with Crippen molar-refractivity contribution in [3.63, 3.8) is 0 Å². The van der Waals surface area contributed by atoms with E-state index in [9.17, 15) is 4.79 Å². The molecule has 0 bridgehead atoms. The first kappa shape index (κ1) is 13.3. The summed E-state index contributed by atoms with van der Waals surface area (Å²) in [6.07, 6.45) is 2.76. The summed E-state index contributed by atoms with van der Waals surface area (Å²) >= 11 is 0. The van der Waals surface area contributed by atoms with Crippen molar-refractivity contribution < 1.29 is 9.53 Å². The largest absolute Gasteiger partial charge is 0.442 e. The maximum atomic E-state index is 12.1. The summed E-state index contributed by atoms with van der Waals surface area (Å²) in [5.41, 5.74) is 1.84. The van der Waals surface area contributed by atoms with Crippen molar-refractivity contribution in [1.82, 2.24) is 14.8 Å². The first-order chi connectivity index (χ1) is 8.87. The highest BCUT2D eigenvalue weighted by Crippen LogP contribution is 2.19. The van der Waals surface area contributed by atoms with Crippen molar-refractivity contribution in [3.8, 4) is 11.4 Å². The number of aryl methyl sites for hydroxylation is 1. The maximum absolute atomic E-state index is 12.1. The van der Waals surface area contributed by atoms with Crippen molar-refractivity contribution in [1.29, 1.82) is 0 Å². The average Bonchev–Trinajstić information content (AvgIpc) is 2.75. The molecule has 0 saturated carbocycles. The Balaban J connectivity index is 2.35. The van der Waals surface area contributed by atoms with Gasteiger partial charge in [0.2, 0.25) is 0 Å². The molecule has 19 heavy (non-hydrogen) atoms. The van der Waals surface area contributed by atoms with Crippen LogP contribution in [0, 0.1) is 6.92 Å². The second-order valence-corrected chi connectivity index (χ2v) is 5.33. The lowest BCUT2D eigenvalue weighted by molar-refractivity contribution is 0.0517. The van der Waals surface area contributed by atoms with E-state index >= 15 is 0 Å². The predicted octanol–water partition coefficient (Wildman–Crippen LogP) is 3.04. The minimum absolute atomic E-state index is 0.504. The molecule has 0 fully saturated rings. The minimum Gasteiger partial charge on any atom is -0.442 e. The number of ether oxygens (including phenoxy) is 1. The number of carbonyl (C=O) groups is 1. The van der Waals surface area contributed by atoms with Crippen molar-refractivity contribution >= 4 is 6.09 Å². The van der Waals surface area contributed by atoms with E-state index in [2.05, 4.69) is 10.1 Å². The molecule has 0 aliphatic heterocycles. The van der Waals surface area contributed by atoms with Gasteiger partial charge in [0.15, 0.2) is 0 Å². The standard InChI is InChI=1S/C14H17N3O2/c1-10-5-7-15-11(9-10)12-6-8-16-17(12)13(18)19-14(2,3)4/h5-9H,1-4H3. The van der Waals surface area contributed by atoms with Crippen LogP contribution in [0.4, 0.5) is 4.79 Å². The van der Waals surface area contributed by atoms with Crippen LogP contribution in [-0.2, 0) is 4.74 Å². The van der Waals surface area contributed by atoms with E-state index in [4.69, 9.17) is 4.74 Å². The first-order valence-corrected chi connectivity index (χ1v) is 6.07. The van der Waals surface area contributed by atoms with Gasteiger partial charge in [0, 0.05) is 6.20 Å². The van der Waals surface area contributed by atoms with Crippen LogP contribution in [0.1, 0.15) is 26.3 Å². The van der Waals surface area contributed by atoms with Gasteiger partial charge in [0.1, 0.15) is 5.60 Å². The van der Waals surface area contributed by atoms with Crippen LogP contribution in [0.3, 0.4) is 0 Å². The average molecular weight is 259 g/mol. The Labute approximate surface area is 112 Å². The van der Waals surface area contributed by atoms with E-state index in [0.717, 1.165) is 5.56 Å². The Morgan fingerprint density at radius 3 is 2.63 bits per heavy atom. The van der Waals surface area contributed by atoms with Crippen LogP contribution in [-0.4, -0.2) is 26.5 Å². The Kier molecular flexibility index (Phi) is 3.38. The van der Waals surface area contributed by atoms with Crippen LogP contribution >= 0.6 is 0 Å². The van der Waals surface area contributed by atoms with Gasteiger partial charge in [-0.05, 0) is 51.5 Å². The van der Waals surface area contributed by atoms with Crippen molar-refractivity contribution in [2.75, 3.05) is 0 Å². The lowest BCUT2D eigenvalue weighted by Gasteiger charge is -2.19. The number of aromatic nitrogens is 3. The number of nitrogens with zero attached hydrogens (tertiary/aromatic N) is 3. The molecular weight excluding hydrogens is 242 g/mol. The number of pyridine rings is 1. The molecule has 5 heteroatoms. The highest BCUT2D eigenvalue weighted by Gasteiger charge is 2.21. The smallest absolute Gasteiger partial charge is 0.435 e. The Morgan fingerprint density at radius 1 is 1.26 bits per heavy atom. The van der Waals surface area contributed by atoms with E-state index in [1.807, 2.05) is 39.8 Å². The molecule has 0 saturated heterocycles. The quantitative estimate of drug-likeness (QED) is 0.789. The summed E-state index contributed by atoms with van der Waals surface area (Å²) in [7, 11) is 0. The van der Waals surface area contributed by atoms with Crippen LogP contribution in [0.15, 0.2) is 30.6 Å². The maximum Gasteiger partial charge on any atom is 0.435 e. The van der Waals surface area contributed by atoms with E-state index in [1.165, 1.54) is 4.68 Å². The molecule has 0 radical (unpaired) electrons. The lowest BCUT2D eigenvalue weighted by atomic mass is 10.2. The number of carbonyl (C=O) groups excluding carboxylic acids is 1. The number of hydrogen-bond acceptors (Lipinski definition) is 4. The fourth-order valence-corrected chi connectivity index (χ4v) is 1.62. The van der Waals surface area contributed by atoms with Gasteiger partial charge in [0.25, 0.3) is 0 Å². The molecule has 100 valence electrons. The van der Waals surface area contributed by atoms with Gasteiger partial charge in [-0.3, -0.25) is 4.98 Å². The summed E-state index contributed by atoms with van der Waals surface area (Å²) in [5, 5.41) is 4.01. The number of rotatable bonds is 1. The summed E-state index contributed by atoms with van der Waals surface area (Å²) in [6.45, 7) is 7.43. The Bertz CT molecular complexity index is 597. The molecule has 5 nitrogen and oxygen atoms in total. The van der Waals surface area contributed by atoms with Gasteiger partial charge in [0.05, 0.1) is 17.6 Å². The van der Waals surface area contributed by atoms with Crippen LogP contribution < -0.4 is 0 Å². The van der Waals surface area contributed by atoms with Crippen LogP contribution in [0.2, 0.25) is 0 Å². The third-order valence-corrected chi connectivity index (χ3v) is 2.39. The molecule has 2 rings (SSSR count). The van der Waals surface area contributed by atoms with E-state index < -0.39 is 11.7 Å². The van der Waals surface area contributed by atoms with Gasteiger partial charge in [-0.25, -0.2) is 4.79 Å². The molecular formula is C14H17N3O2. The molecule has 0 spiro atoms. The third kappa shape index (κ3) is 3.19. The number of hydrogen-bond donors (Lipinski definition) is 0. The molecule has 0 aromatic carbocycles. The molecule has 0 amide bonds. The highest BCUT2D eigenvalue weighted by atomic mass is 16.6. The third-order valence-electron chi connectivity index (χ3n) is 2.39. The van der Waals surface area contributed by atoms with Gasteiger partial charge in [-0.2, -0.15) is 9.78 Å². The minimum atomic E-state index is -0.555. The zero-order valence-corrected chi connectivity index (χ0v) is 11.5. The van der Waals surface area contributed by atoms with Gasteiger partial charge in [-0.1, -0.05) is 0 Å². The first-order valence-electron chi connectivity index (χ1n) is 6.07. The summed E-state index contributed by atoms with van der Waals surface area (Å²) in [6, 6.07) is 5.54.